The molecule has 0 bridgehead atoms. The molecule has 4 atom stereocenters. The van der Waals surface area contributed by atoms with Gasteiger partial charge in [-0.2, -0.15) is 0 Å². The van der Waals surface area contributed by atoms with Gasteiger partial charge in [0.15, 0.2) is 0 Å². The topological polar surface area (TPSA) is 24.9 Å². The second kappa shape index (κ2) is 7.32. The zero-order chi connectivity index (χ0) is 17.3. The minimum absolute atomic E-state index is 0.678. The van der Waals surface area contributed by atoms with Crippen molar-refractivity contribution >= 4 is 0 Å². The van der Waals surface area contributed by atoms with Gasteiger partial charge in [0.05, 0.1) is 19.8 Å². The van der Waals surface area contributed by atoms with Crippen LogP contribution in [0.5, 0.6) is 11.5 Å². The molecule has 134 valence electrons. The molecule has 2 saturated carbocycles. The predicted molar refractivity (Wildman–Crippen MR) is 97.7 cm³/mol. The summed E-state index contributed by atoms with van der Waals surface area (Å²) in [5.41, 5.74) is 1.16. The van der Waals surface area contributed by atoms with Crippen LogP contribution in [0.4, 0.5) is 0 Å². The van der Waals surface area contributed by atoms with Gasteiger partial charge in [0.2, 0.25) is 0 Å². The largest absolute Gasteiger partial charge is 0.496 e. The fourth-order valence-electron chi connectivity index (χ4n) is 4.80. The summed E-state index contributed by atoms with van der Waals surface area (Å²) in [6.45, 7) is 0.883. The highest BCUT2D eigenvalue weighted by molar-refractivity contribution is 5.44. The molecule has 1 aromatic carbocycles. The van der Waals surface area contributed by atoms with Crippen LogP contribution in [-0.4, -0.2) is 57.2 Å². The molecule has 0 aromatic heterocycles. The summed E-state index contributed by atoms with van der Waals surface area (Å²) >= 11 is 0. The Bertz CT molecular complexity index is 524. The van der Waals surface area contributed by atoms with E-state index in [1.165, 1.54) is 25.7 Å². The standard InChI is InChI=1S/C20H32N2O2/c1-21(2)16-9-14-11-17(12-15(14)10-16)22(3)13-18-19(23-4)7-6-8-20(18)24-5/h6-8,14-17H,9-13H2,1-5H3/t14-,15+,16?,17?. The maximum absolute atomic E-state index is 5.55. The second-order valence-corrected chi connectivity index (χ2v) is 7.79. The molecule has 24 heavy (non-hydrogen) atoms. The molecule has 0 saturated heterocycles. The van der Waals surface area contributed by atoms with Crippen molar-refractivity contribution in [2.45, 2.75) is 44.3 Å². The Morgan fingerprint density at radius 1 is 0.875 bits per heavy atom. The molecular formula is C20H32N2O2. The molecule has 0 spiro atoms. The molecule has 0 heterocycles. The molecule has 4 nitrogen and oxygen atoms in total. The van der Waals surface area contributed by atoms with Crippen molar-refractivity contribution in [3.05, 3.63) is 23.8 Å². The van der Waals surface area contributed by atoms with Crippen molar-refractivity contribution in [1.29, 1.82) is 0 Å². The van der Waals surface area contributed by atoms with E-state index in [9.17, 15) is 0 Å². The van der Waals surface area contributed by atoms with Crippen molar-refractivity contribution < 1.29 is 9.47 Å². The first kappa shape index (κ1) is 17.6. The van der Waals surface area contributed by atoms with E-state index < -0.39 is 0 Å². The first-order valence-corrected chi connectivity index (χ1v) is 9.10. The first-order chi connectivity index (χ1) is 11.5. The molecule has 0 aliphatic heterocycles. The summed E-state index contributed by atoms with van der Waals surface area (Å²) in [5.74, 6) is 3.66. The van der Waals surface area contributed by atoms with Crippen LogP contribution in [0.2, 0.25) is 0 Å². The normalized spacial score (nSPS) is 29.3. The second-order valence-electron chi connectivity index (χ2n) is 7.79. The lowest BCUT2D eigenvalue weighted by atomic mass is 10.0. The molecule has 0 amide bonds. The van der Waals surface area contributed by atoms with Crippen LogP contribution in [0.3, 0.4) is 0 Å². The fourth-order valence-corrected chi connectivity index (χ4v) is 4.80. The maximum Gasteiger partial charge on any atom is 0.127 e. The van der Waals surface area contributed by atoms with Crippen LogP contribution in [-0.2, 0) is 6.54 Å². The van der Waals surface area contributed by atoms with Crippen LogP contribution in [0.15, 0.2) is 18.2 Å². The zero-order valence-electron chi connectivity index (χ0n) is 15.8. The van der Waals surface area contributed by atoms with Crippen molar-refractivity contribution in [2.75, 3.05) is 35.4 Å². The van der Waals surface area contributed by atoms with Gasteiger partial charge in [-0.3, -0.25) is 4.90 Å². The quantitative estimate of drug-likeness (QED) is 0.798. The Balaban J connectivity index is 1.65. The predicted octanol–water partition coefficient (Wildman–Crippen LogP) is 3.25. The summed E-state index contributed by atoms with van der Waals surface area (Å²) < 4.78 is 11.1. The van der Waals surface area contributed by atoms with E-state index in [1.54, 1.807) is 14.2 Å². The van der Waals surface area contributed by atoms with Crippen molar-refractivity contribution in [1.82, 2.24) is 9.80 Å². The molecule has 4 heteroatoms. The third-order valence-corrected chi connectivity index (χ3v) is 6.26. The highest BCUT2D eigenvalue weighted by Gasteiger charge is 2.43. The van der Waals surface area contributed by atoms with Gasteiger partial charge in [0.1, 0.15) is 11.5 Å². The summed E-state index contributed by atoms with van der Waals surface area (Å²) in [6.07, 6.45) is 5.42. The van der Waals surface area contributed by atoms with Gasteiger partial charge < -0.3 is 14.4 Å². The molecule has 2 unspecified atom stereocenters. The third kappa shape index (κ3) is 3.40. The monoisotopic (exact) mass is 332 g/mol. The number of benzene rings is 1. The van der Waals surface area contributed by atoms with E-state index in [4.69, 9.17) is 9.47 Å². The first-order valence-electron chi connectivity index (χ1n) is 9.10. The molecule has 1 aromatic rings. The van der Waals surface area contributed by atoms with Crippen molar-refractivity contribution in [2.24, 2.45) is 11.8 Å². The molecule has 2 fully saturated rings. The van der Waals surface area contributed by atoms with Gasteiger partial charge in [-0.25, -0.2) is 0 Å². The van der Waals surface area contributed by atoms with Gasteiger partial charge in [-0.15, -0.1) is 0 Å². The number of hydrogen-bond donors (Lipinski definition) is 0. The average molecular weight is 332 g/mol. The highest BCUT2D eigenvalue weighted by atomic mass is 16.5. The molecule has 0 N–H and O–H groups in total. The van der Waals surface area contributed by atoms with Gasteiger partial charge in [-0.1, -0.05) is 6.07 Å². The fraction of sp³-hybridized carbons (Fsp3) is 0.700. The summed E-state index contributed by atoms with van der Waals surface area (Å²) in [7, 11) is 10.2. The van der Waals surface area contributed by atoms with E-state index in [-0.39, 0.29) is 0 Å². The maximum atomic E-state index is 5.55. The summed E-state index contributed by atoms with van der Waals surface area (Å²) in [5, 5.41) is 0. The van der Waals surface area contributed by atoms with Crippen LogP contribution >= 0.6 is 0 Å². The lowest BCUT2D eigenvalue weighted by Crippen LogP contribution is -2.31. The number of nitrogens with zero attached hydrogens (tertiary/aromatic N) is 2. The number of ether oxygens (including phenoxy) is 2. The number of fused-ring (bicyclic) bond motifs is 1. The van der Waals surface area contributed by atoms with Crippen LogP contribution in [0.25, 0.3) is 0 Å². The van der Waals surface area contributed by atoms with Crippen LogP contribution in [0.1, 0.15) is 31.2 Å². The minimum Gasteiger partial charge on any atom is -0.496 e. The number of hydrogen-bond acceptors (Lipinski definition) is 4. The highest BCUT2D eigenvalue weighted by Crippen LogP contribution is 2.47. The van der Waals surface area contributed by atoms with Gasteiger partial charge in [-0.05, 0) is 70.8 Å². The van der Waals surface area contributed by atoms with Crippen LogP contribution < -0.4 is 9.47 Å². The molecule has 0 radical (unpaired) electrons. The van der Waals surface area contributed by atoms with E-state index in [0.29, 0.717) is 6.04 Å². The Labute approximate surface area is 146 Å². The molecule has 2 aliphatic rings. The average Bonchev–Trinajstić information content (AvgIpc) is 3.13. The number of rotatable bonds is 6. The molecular weight excluding hydrogens is 300 g/mol. The summed E-state index contributed by atoms with van der Waals surface area (Å²) in [6, 6.07) is 7.51. The Morgan fingerprint density at radius 2 is 1.38 bits per heavy atom. The Morgan fingerprint density at radius 3 is 1.83 bits per heavy atom. The number of methoxy groups -OCH3 is 2. The third-order valence-electron chi connectivity index (χ3n) is 6.26. The van der Waals surface area contributed by atoms with Gasteiger partial charge in [0, 0.05) is 18.6 Å². The zero-order valence-corrected chi connectivity index (χ0v) is 15.8. The Hall–Kier alpha value is -1.26. The molecule has 3 rings (SSSR count). The van der Waals surface area contributed by atoms with Crippen molar-refractivity contribution in [3.8, 4) is 11.5 Å². The molecule has 2 aliphatic carbocycles. The lowest BCUT2D eigenvalue weighted by Gasteiger charge is -2.28. The van der Waals surface area contributed by atoms with E-state index in [0.717, 1.165) is 41.5 Å². The SMILES string of the molecule is COc1cccc(OC)c1CN(C)C1C[C@H]2CC(N(C)C)C[C@H]2C1. The van der Waals surface area contributed by atoms with Gasteiger partial charge in [0.25, 0.3) is 0 Å². The van der Waals surface area contributed by atoms with Crippen molar-refractivity contribution in [3.63, 3.8) is 0 Å². The van der Waals surface area contributed by atoms with Gasteiger partial charge >= 0.3 is 0 Å². The van der Waals surface area contributed by atoms with E-state index >= 15 is 0 Å². The lowest BCUT2D eigenvalue weighted by molar-refractivity contribution is 0.207. The van der Waals surface area contributed by atoms with E-state index in [1.807, 2.05) is 18.2 Å². The Kier molecular flexibility index (Phi) is 5.36. The van der Waals surface area contributed by atoms with Crippen LogP contribution in [0, 0.1) is 11.8 Å². The summed E-state index contributed by atoms with van der Waals surface area (Å²) in [4.78, 5) is 4.92. The minimum atomic E-state index is 0.678. The smallest absolute Gasteiger partial charge is 0.127 e. The van der Waals surface area contributed by atoms with E-state index in [2.05, 4.69) is 30.9 Å².